The Labute approximate surface area is 94.0 Å². The summed E-state index contributed by atoms with van der Waals surface area (Å²) in [5, 5.41) is 10.0. The molecule has 15 heavy (non-hydrogen) atoms. The summed E-state index contributed by atoms with van der Waals surface area (Å²) in [6.45, 7) is 5.44. The molecule has 2 heteroatoms. The van der Waals surface area contributed by atoms with Gasteiger partial charge in [0.05, 0.1) is 6.10 Å². The molecule has 2 nitrogen and oxygen atoms in total. The van der Waals surface area contributed by atoms with Crippen molar-refractivity contribution in [2.24, 2.45) is 11.3 Å². The Morgan fingerprint density at radius 1 is 1.33 bits per heavy atom. The van der Waals surface area contributed by atoms with Gasteiger partial charge in [-0.3, -0.25) is 0 Å². The van der Waals surface area contributed by atoms with Crippen LogP contribution < -0.4 is 0 Å². The van der Waals surface area contributed by atoms with Crippen molar-refractivity contribution in [2.75, 3.05) is 13.7 Å². The maximum Gasteiger partial charge on any atom is 0.0569 e. The summed E-state index contributed by atoms with van der Waals surface area (Å²) in [4.78, 5) is 0. The van der Waals surface area contributed by atoms with Gasteiger partial charge in [0.1, 0.15) is 0 Å². The first-order valence-corrected chi connectivity index (χ1v) is 6.22. The van der Waals surface area contributed by atoms with Gasteiger partial charge in [-0.25, -0.2) is 0 Å². The largest absolute Gasteiger partial charge is 0.393 e. The van der Waals surface area contributed by atoms with Crippen molar-refractivity contribution in [2.45, 2.75) is 58.5 Å². The van der Waals surface area contributed by atoms with E-state index in [1.165, 1.54) is 25.7 Å². The van der Waals surface area contributed by atoms with Crippen LogP contribution in [0.1, 0.15) is 52.4 Å². The average molecular weight is 214 g/mol. The highest BCUT2D eigenvalue weighted by molar-refractivity contribution is 4.81. The Morgan fingerprint density at radius 2 is 1.93 bits per heavy atom. The van der Waals surface area contributed by atoms with Crippen molar-refractivity contribution < 1.29 is 9.84 Å². The molecule has 0 amide bonds. The fourth-order valence-corrected chi connectivity index (χ4v) is 2.48. The van der Waals surface area contributed by atoms with Crippen LogP contribution in [0.5, 0.6) is 0 Å². The van der Waals surface area contributed by atoms with Crippen LogP contribution in [-0.4, -0.2) is 24.9 Å². The highest BCUT2D eigenvalue weighted by Crippen LogP contribution is 2.39. The van der Waals surface area contributed by atoms with Gasteiger partial charge in [0.25, 0.3) is 0 Å². The molecular weight excluding hydrogens is 188 g/mol. The van der Waals surface area contributed by atoms with E-state index in [0.717, 1.165) is 19.4 Å². The van der Waals surface area contributed by atoms with Crippen LogP contribution in [0.3, 0.4) is 0 Å². The smallest absolute Gasteiger partial charge is 0.0569 e. The van der Waals surface area contributed by atoms with Gasteiger partial charge in [-0.15, -0.1) is 0 Å². The number of aliphatic hydroxyl groups is 1. The molecule has 1 saturated carbocycles. The fourth-order valence-electron chi connectivity index (χ4n) is 2.48. The highest BCUT2D eigenvalue weighted by atomic mass is 16.5. The maximum absolute atomic E-state index is 10.0. The molecule has 90 valence electrons. The minimum absolute atomic E-state index is 0.101. The highest BCUT2D eigenvalue weighted by Gasteiger charge is 2.30. The third kappa shape index (κ3) is 4.52. The number of hydrogen-bond acceptors (Lipinski definition) is 2. The van der Waals surface area contributed by atoms with Crippen LogP contribution in [0.25, 0.3) is 0 Å². The lowest BCUT2D eigenvalue weighted by molar-refractivity contribution is 0.0446. The molecule has 1 rings (SSSR count). The lowest BCUT2D eigenvalue weighted by atomic mass is 9.71. The van der Waals surface area contributed by atoms with Crippen molar-refractivity contribution in [1.29, 1.82) is 0 Å². The summed E-state index contributed by atoms with van der Waals surface area (Å²) in [6.07, 6.45) is 6.70. The predicted octanol–water partition coefficient (Wildman–Crippen LogP) is 2.99. The molecule has 1 unspecified atom stereocenters. The summed E-state index contributed by atoms with van der Waals surface area (Å²) in [5.41, 5.74) is 0.503. The van der Waals surface area contributed by atoms with Crippen LogP contribution in [0.2, 0.25) is 0 Å². The molecule has 1 aliphatic rings. The zero-order valence-corrected chi connectivity index (χ0v) is 10.5. The Hall–Kier alpha value is -0.0800. The summed E-state index contributed by atoms with van der Waals surface area (Å²) < 4.78 is 5.00. The fraction of sp³-hybridized carbons (Fsp3) is 1.00. The normalized spacial score (nSPS) is 24.0. The first-order valence-electron chi connectivity index (χ1n) is 6.22. The molecular formula is C13H26O2. The molecule has 0 saturated heterocycles. The van der Waals surface area contributed by atoms with Crippen LogP contribution in [0.4, 0.5) is 0 Å². The second-order valence-electron chi connectivity index (χ2n) is 5.70. The molecule has 1 fully saturated rings. The van der Waals surface area contributed by atoms with Gasteiger partial charge in [0.15, 0.2) is 0 Å². The lowest BCUT2D eigenvalue weighted by Crippen LogP contribution is -2.29. The molecule has 0 bridgehead atoms. The predicted molar refractivity (Wildman–Crippen MR) is 62.9 cm³/mol. The van der Waals surface area contributed by atoms with Crippen LogP contribution in [0.15, 0.2) is 0 Å². The molecule has 0 aliphatic heterocycles. The van der Waals surface area contributed by atoms with E-state index in [4.69, 9.17) is 4.74 Å². The molecule has 0 radical (unpaired) electrons. The van der Waals surface area contributed by atoms with Crippen LogP contribution in [-0.2, 0) is 4.74 Å². The average Bonchev–Trinajstić information content (AvgIpc) is 2.18. The summed E-state index contributed by atoms with van der Waals surface area (Å²) in [7, 11) is 1.72. The van der Waals surface area contributed by atoms with Gasteiger partial charge >= 0.3 is 0 Å². The molecule has 0 aromatic rings. The minimum Gasteiger partial charge on any atom is -0.393 e. The zero-order valence-electron chi connectivity index (χ0n) is 10.5. The van der Waals surface area contributed by atoms with E-state index < -0.39 is 0 Å². The van der Waals surface area contributed by atoms with Crippen molar-refractivity contribution in [3.05, 3.63) is 0 Å². The summed E-state index contributed by atoms with van der Waals surface area (Å²) >= 11 is 0. The Balaban J connectivity index is 2.21. The molecule has 0 aromatic carbocycles. The number of hydrogen-bond donors (Lipinski definition) is 1. The van der Waals surface area contributed by atoms with Crippen molar-refractivity contribution in [3.63, 3.8) is 0 Å². The van der Waals surface area contributed by atoms with E-state index in [2.05, 4.69) is 13.8 Å². The maximum atomic E-state index is 10.0. The second-order valence-corrected chi connectivity index (χ2v) is 5.70. The topological polar surface area (TPSA) is 29.5 Å². The van der Waals surface area contributed by atoms with Crippen molar-refractivity contribution in [1.82, 2.24) is 0 Å². The third-order valence-electron chi connectivity index (χ3n) is 3.78. The Morgan fingerprint density at radius 3 is 2.47 bits per heavy atom. The first kappa shape index (κ1) is 13.0. The van der Waals surface area contributed by atoms with Gasteiger partial charge in [0, 0.05) is 13.7 Å². The minimum atomic E-state index is -0.101. The number of rotatable bonds is 5. The van der Waals surface area contributed by atoms with E-state index in [1.807, 2.05) is 0 Å². The van der Waals surface area contributed by atoms with E-state index in [1.54, 1.807) is 7.11 Å². The van der Waals surface area contributed by atoms with Crippen molar-refractivity contribution >= 4 is 0 Å². The summed E-state index contributed by atoms with van der Waals surface area (Å²) in [5.74, 6) is 0.537. The number of methoxy groups -OCH3 is 1. The van der Waals surface area contributed by atoms with Gasteiger partial charge in [0.2, 0.25) is 0 Å². The molecule has 1 atom stereocenters. The monoisotopic (exact) mass is 214 g/mol. The Kier molecular flexibility index (Phi) is 5.07. The van der Waals surface area contributed by atoms with Crippen LogP contribution >= 0.6 is 0 Å². The summed E-state index contributed by atoms with van der Waals surface area (Å²) in [6, 6.07) is 0. The van der Waals surface area contributed by atoms with E-state index in [0.29, 0.717) is 11.3 Å². The van der Waals surface area contributed by atoms with Crippen LogP contribution in [0, 0.1) is 11.3 Å². The molecule has 1 aliphatic carbocycles. The first-order chi connectivity index (χ1) is 7.05. The zero-order chi connectivity index (χ0) is 11.3. The van der Waals surface area contributed by atoms with Gasteiger partial charge in [-0.05, 0) is 49.9 Å². The van der Waals surface area contributed by atoms with Gasteiger partial charge in [-0.2, -0.15) is 0 Å². The van der Waals surface area contributed by atoms with Crippen molar-refractivity contribution in [3.8, 4) is 0 Å². The van der Waals surface area contributed by atoms with Gasteiger partial charge < -0.3 is 9.84 Å². The number of aliphatic hydroxyl groups excluding tert-OH is 1. The molecule has 0 heterocycles. The van der Waals surface area contributed by atoms with Gasteiger partial charge in [-0.1, -0.05) is 13.8 Å². The molecule has 0 spiro atoms. The number of ether oxygens (including phenoxy) is 1. The van der Waals surface area contributed by atoms with E-state index in [-0.39, 0.29) is 6.10 Å². The second kappa shape index (κ2) is 5.86. The third-order valence-corrected chi connectivity index (χ3v) is 3.78. The molecule has 0 aromatic heterocycles. The molecule has 1 N–H and O–H groups in total. The Bertz CT molecular complexity index is 167. The standard InChI is InChI=1S/C13H26O2/c1-13(2)8-6-11(7-9-13)12(14)5-4-10-15-3/h11-12,14H,4-10H2,1-3H3. The lowest BCUT2D eigenvalue weighted by Gasteiger charge is -2.36. The SMILES string of the molecule is COCCCC(O)C1CCC(C)(C)CC1. The van der Waals surface area contributed by atoms with E-state index >= 15 is 0 Å². The van der Waals surface area contributed by atoms with E-state index in [9.17, 15) is 5.11 Å². The quantitative estimate of drug-likeness (QED) is 0.713.